The van der Waals surface area contributed by atoms with E-state index in [1.807, 2.05) is 0 Å². The van der Waals surface area contributed by atoms with E-state index >= 15 is 0 Å². The lowest BCUT2D eigenvalue weighted by Gasteiger charge is -2.39. The third-order valence-electron chi connectivity index (χ3n) is 5.59. The van der Waals surface area contributed by atoms with E-state index in [2.05, 4.69) is 0 Å². The van der Waals surface area contributed by atoms with Gasteiger partial charge in [-0.3, -0.25) is 0 Å². The summed E-state index contributed by atoms with van der Waals surface area (Å²) in [4.78, 5) is 0. The highest BCUT2D eigenvalue weighted by molar-refractivity contribution is 5.52. The molecule has 2 heterocycles. The third kappa shape index (κ3) is 4.01. The topological polar surface area (TPSA) is 190 Å². The first-order chi connectivity index (χ1) is 15.2. The zero-order chi connectivity index (χ0) is 23.2. The lowest BCUT2D eigenvalue weighted by Crippen LogP contribution is -2.60. The molecular formula is C21H24O11. The fourth-order valence-corrected chi connectivity index (χ4v) is 3.85. The molecule has 0 amide bonds. The van der Waals surface area contributed by atoms with Gasteiger partial charge in [-0.1, -0.05) is 6.07 Å². The molecular weight excluding hydrogens is 428 g/mol. The molecule has 32 heavy (non-hydrogen) atoms. The first kappa shape index (κ1) is 22.4. The number of hydrogen-bond acceptors (Lipinski definition) is 11. The molecule has 4 rings (SSSR count). The van der Waals surface area contributed by atoms with Crippen LogP contribution in [0.15, 0.2) is 30.3 Å². The van der Waals surface area contributed by atoms with Gasteiger partial charge in [0.1, 0.15) is 47.8 Å². The predicted molar refractivity (Wildman–Crippen MR) is 105 cm³/mol. The maximum Gasteiger partial charge on any atom is 0.229 e. The maximum absolute atomic E-state index is 10.5. The number of rotatable bonds is 4. The molecule has 0 radical (unpaired) electrons. The Morgan fingerprint density at radius 1 is 0.906 bits per heavy atom. The van der Waals surface area contributed by atoms with E-state index in [1.165, 1.54) is 24.3 Å². The standard InChI is InChI=1S/C21H24O11/c22-7-16-17(27)18(28)19(29)21(32-16)31-14-2-1-8(3-12(14)25)20-13(26)6-10-11(24)4-9(23)5-15(10)30-20/h1-5,13,16-29H,6-7H2/t13-,16+,17+,18-,19+,20+,21+/m0/s1. The highest BCUT2D eigenvalue weighted by atomic mass is 16.7. The molecule has 0 unspecified atom stereocenters. The van der Waals surface area contributed by atoms with Crippen LogP contribution in [-0.4, -0.2) is 84.3 Å². The highest BCUT2D eigenvalue weighted by Crippen LogP contribution is 2.43. The molecule has 174 valence electrons. The van der Waals surface area contributed by atoms with Crippen molar-refractivity contribution in [2.75, 3.05) is 6.61 Å². The minimum Gasteiger partial charge on any atom is -0.508 e. The van der Waals surface area contributed by atoms with Gasteiger partial charge >= 0.3 is 0 Å². The average Bonchev–Trinajstić information content (AvgIpc) is 2.75. The molecule has 2 aromatic carbocycles. The molecule has 8 N–H and O–H groups in total. The monoisotopic (exact) mass is 452 g/mol. The SMILES string of the molecule is OC[C@H]1O[C@@H](Oc2ccc([C@H]3Oc4cc(O)cc(O)c4C[C@@H]3O)cc2O)[C@H](O)[C@@H](O)[C@@H]1O. The smallest absolute Gasteiger partial charge is 0.229 e. The number of phenols is 3. The van der Waals surface area contributed by atoms with E-state index in [0.29, 0.717) is 11.1 Å². The molecule has 0 aromatic heterocycles. The number of hydrogen-bond donors (Lipinski definition) is 8. The summed E-state index contributed by atoms with van der Waals surface area (Å²) in [7, 11) is 0. The van der Waals surface area contributed by atoms with Gasteiger partial charge in [0.05, 0.1) is 12.7 Å². The van der Waals surface area contributed by atoms with E-state index < -0.39 is 49.5 Å². The van der Waals surface area contributed by atoms with E-state index in [-0.39, 0.29) is 35.2 Å². The van der Waals surface area contributed by atoms with Crippen LogP contribution >= 0.6 is 0 Å². The summed E-state index contributed by atoms with van der Waals surface area (Å²) in [6.45, 7) is -0.626. The summed E-state index contributed by atoms with van der Waals surface area (Å²) >= 11 is 0. The van der Waals surface area contributed by atoms with Crippen molar-refractivity contribution in [3.63, 3.8) is 0 Å². The van der Waals surface area contributed by atoms with E-state index in [0.717, 1.165) is 6.07 Å². The van der Waals surface area contributed by atoms with Gasteiger partial charge in [-0.05, 0) is 17.7 Å². The summed E-state index contributed by atoms with van der Waals surface area (Å²) in [5, 5.41) is 79.6. The molecule has 1 fully saturated rings. The van der Waals surface area contributed by atoms with E-state index in [1.54, 1.807) is 0 Å². The molecule has 0 aliphatic carbocycles. The fraction of sp³-hybridized carbons (Fsp3) is 0.429. The zero-order valence-corrected chi connectivity index (χ0v) is 16.6. The van der Waals surface area contributed by atoms with Gasteiger partial charge in [0.25, 0.3) is 0 Å². The Kier molecular flexibility index (Phi) is 6.03. The van der Waals surface area contributed by atoms with Crippen LogP contribution in [-0.2, 0) is 11.2 Å². The number of fused-ring (bicyclic) bond motifs is 1. The van der Waals surface area contributed by atoms with Crippen molar-refractivity contribution in [3.8, 4) is 28.7 Å². The largest absolute Gasteiger partial charge is 0.508 e. The second-order valence-electron chi connectivity index (χ2n) is 7.79. The van der Waals surface area contributed by atoms with Crippen LogP contribution < -0.4 is 9.47 Å². The summed E-state index contributed by atoms with van der Waals surface area (Å²) in [6, 6.07) is 6.54. The lowest BCUT2D eigenvalue weighted by atomic mass is 9.94. The van der Waals surface area contributed by atoms with E-state index in [4.69, 9.17) is 14.2 Å². The lowest BCUT2D eigenvalue weighted by molar-refractivity contribution is -0.277. The zero-order valence-electron chi connectivity index (χ0n) is 16.6. The Balaban J connectivity index is 1.53. The van der Waals surface area contributed by atoms with Gasteiger partial charge in [0.15, 0.2) is 11.5 Å². The Morgan fingerprint density at radius 3 is 2.34 bits per heavy atom. The molecule has 11 heteroatoms. The van der Waals surface area contributed by atoms with Crippen LogP contribution in [0.2, 0.25) is 0 Å². The maximum atomic E-state index is 10.5. The minimum atomic E-state index is -1.65. The summed E-state index contributed by atoms with van der Waals surface area (Å²) in [6.07, 6.45) is -9.40. The van der Waals surface area contributed by atoms with Gasteiger partial charge in [-0.2, -0.15) is 0 Å². The van der Waals surface area contributed by atoms with Gasteiger partial charge in [0.2, 0.25) is 6.29 Å². The van der Waals surface area contributed by atoms with Gasteiger partial charge in [0, 0.05) is 24.1 Å². The van der Waals surface area contributed by atoms with Crippen molar-refractivity contribution in [1.82, 2.24) is 0 Å². The number of aromatic hydroxyl groups is 3. The van der Waals surface area contributed by atoms with Gasteiger partial charge in [-0.25, -0.2) is 0 Å². The molecule has 0 saturated carbocycles. The molecule has 1 saturated heterocycles. The number of phenolic OH excluding ortho intramolecular Hbond substituents is 3. The highest BCUT2D eigenvalue weighted by Gasteiger charge is 2.45. The van der Waals surface area contributed by atoms with Crippen molar-refractivity contribution in [2.45, 2.75) is 49.3 Å². The van der Waals surface area contributed by atoms with Gasteiger partial charge in [-0.15, -0.1) is 0 Å². The summed E-state index contributed by atoms with van der Waals surface area (Å²) in [5.74, 6) is -0.732. The second-order valence-corrected chi connectivity index (χ2v) is 7.79. The van der Waals surface area contributed by atoms with Crippen molar-refractivity contribution in [2.24, 2.45) is 0 Å². The Bertz CT molecular complexity index is 978. The normalized spacial score (nSPS) is 32.1. The minimum absolute atomic E-state index is 0.0516. The predicted octanol–water partition coefficient (Wildman–Crippen LogP) is -0.981. The summed E-state index contributed by atoms with van der Waals surface area (Å²) in [5.41, 5.74) is 0.711. The molecule has 0 spiro atoms. The van der Waals surface area contributed by atoms with Crippen LogP contribution in [0.25, 0.3) is 0 Å². The Hall–Kier alpha value is -2.80. The van der Waals surface area contributed by atoms with Crippen molar-refractivity contribution in [1.29, 1.82) is 0 Å². The Morgan fingerprint density at radius 2 is 1.66 bits per heavy atom. The third-order valence-corrected chi connectivity index (χ3v) is 5.59. The molecule has 11 nitrogen and oxygen atoms in total. The molecule has 0 bridgehead atoms. The molecule has 7 atom stereocenters. The van der Waals surface area contributed by atoms with Crippen LogP contribution in [0.4, 0.5) is 0 Å². The average molecular weight is 452 g/mol. The number of aliphatic hydroxyl groups excluding tert-OH is 5. The first-order valence-electron chi connectivity index (χ1n) is 9.89. The van der Waals surface area contributed by atoms with Crippen LogP contribution in [0.3, 0.4) is 0 Å². The molecule has 2 aliphatic heterocycles. The van der Waals surface area contributed by atoms with Crippen molar-refractivity contribution >= 4 is 0 Å². The second kappa shape index (κ2) is 8.62. The van der Waals surface area contributed by atoms with Crippen molar-refractivity contribution < 1.29 is 55.1 Å². The Labute approximate surface area is 181 Å². The number of benzene rings is 2. The van der Waals surface area contributed by atoms with Crippen LogP contribution in [0.5, 0.6) is 28.7 Å². The first-order valence-corrected chi connectivity index (χ1v) is 9.89. The number of ether oxygens (including phenoxy) is 3. The number of aliphatic hydroxyl groups is 5. The summed E-state index contributed by atoms with van der Waals surface area (Å²) < 4.78 is 16.4. The molecule has 2 aliphatic rings. The molecule has 2 aromatic rings. The van der Waals surface area contributed by atoms with Crippen molar-refractivity contribution in [3.05, 3.63) is 41.5 Å². The quantitative estimate of drug-likeness (QED) is 0.285. The van der Waals surface area contributed by atoms with E-state index in [9.17, 15) is 40.9 Å². The van der Waals surface area contributed by atoms with Gasteiger partial charge < -0.3 is 55.1 Å². The van der Waals surface area contributed by atoms with Crippen LogP contribution in [0, 0.1) is 0 Å². The fourth-order valence-electron chi connectivity index (χ4n) is 3.85. The van der Waals surface area contributed by atoms with Crippen LogP contribution in [0.1, 0.15) is 17.2 Å².